The highest BCUT2D eigenvalue weighted by atomic mass is 19.3. The van der Waals surface area contributed by atoms with Crippen molar-refractivity contribution in [2.45, 2.75) is 122 Å². The first-order chi connectivity index (χ1) is 22.5. The molecule has 0 heterocycles. The molecule has 0 spiro atoms. The van der Waals surface area contributed by atoms with Gasteiger partial charge in [-0.1, -0.05) is 75.7 Å². The Balaban J connectivity index is 2.88. The van der Waals surface area contributed by atoms with Crippen molar-refractivity contribution in [2.24, 2.45) is 5.92 Å². The Bertz CT molecular complexity index is 1190. The van der Waals surface area contributed by atoms with Crippen molar-refractivity contribution in [1.82, 2.24) is 5.32 Å². The zero-order valence-corrected chi connectivity index (χ0v) is 27.9. The van der Waals surface area contributed by atoms with Crippen molar-refractivity contribution >= 4 is 23.6 Å². The molecule has 0 aliphatic heterocycles. The van der Waals surface area contributed by atoms with Gasteiger partial charge in [-0.3, -0.25) is 9.59 Å². The molecule has 1 amide bonds. The second kappa shape index (κ2) is 23.5. The smallest absolute Gasteiger partial charge is 0.337 e. The number of methoxy groups -OCH3 is 1. The number of carboxylic acid groups (broad SMARTS) is 1. The molecule has 9 nitrogen and oxygen atoms in total. The summed E-state index contributed by atoms with van der Waals surface area (Å²) in [4.78, 5) is 50.1. The van der Waals surface area contributed by atoms with E-state index in [1.54, 1.807) is 31.2 Å². The molecule has 0 saturated heterocycles. The molecule has 1 aromatic carbocycles. The molecule has 262 valence electrons. The lowest BCUT2D eigenvalue weighted by Crippen LogP contribution is -2.55. The highest BCUT2D eigenvalue weighted by molar-refractivity contribution is 5.92. The third-order valence-corrected chi connectivity index (χ3v) is 7.75. The lowest BCUT2D eigenvalue weighted by molar-refractivity contribution is -0.171. The monoisotopic (exact) mass is 663 g/mol. The van der Waals surface area contributed by atoms with Crippen LogP contribution < -0.4 is 10.1 Å². The molecule has 3 atom stereocenters. The molecule has 0 aliphatic rings. The van der Waals surface area contributed by atoms with Crippen molar-refractivity contribution in [3.05, 3.63) is 42.0 Å². The van der Waals surface area contributed by atoms with E-state index in [0.717, 1.165) is 58.1 Å². The first kappa shape index (κ1) is 41.2. The van der Waals surface area contributed by atoms with E-state index in [1.165, 1.54) is 12.5 Å². The van der Waals surface area contributed by atoms with E-state index >= 15 is 0 Å². The molecular formula is C36H51F2NO8. The number of carbonyl (C=O) groups is 4. The maximum atomic E-state index is 13.4. The second-order valence-electron chi connectivity index (χ2n) is 11.5. The minimum atomic E-state index is -3.22. The van der Waals surface area contributed by atoms with E-state index in [9.17, 15) is 38.2 Å². The largest absolute Gasteiger partial charge is 0.481 e. The van der Waals surface area contributed by atoms with Gasteiger partial charge in [-0.2, -0.15) is 0 Å². The SMILES string of the molecule is CC#CCOc1ccc(C[C@H](NC(=O)[C@@H](C=CCCCCCCC(=O)CCCCCCC)[C@@](O)(CC(F)F)C(=O)O)C(=O)OC)cc1. The molecule has 1 rings (SSSR count). The zero-order chi connectivity index (χ0) is 35.1. The Morgan fingerprint density at radius 1 is 0.979 bits per heavy atom. The maximum Gasteiger partial charge on any atom is 0.337 e. The number of ether oxygens (including phenoxy) is 2. The van der Waals surface area contributed by atoms with Gasteiger partial charge < -0.3 is 25.0 Å². The minimum Gasteiger partial charge on any atom is -0.481 e. The third kappa shape index (κ3) is 16.6. The standard InChI is InChI=1S/C36H51F2NO8/c1-4-6-8-11-14-17-28(40)18-15-12-9-10-13-16-19-30(36(45,35(43)44)26-32(37)38)33(41)39-31(34(42)46-3)25-27-20-22-29(23-21-27)47-24-7-5-2/h16,19-23,30-32,45H,4,6,8-15,17-18,24-26H2,1-3H3,(H,39,41)(H,43,44)/t30-,31+,36+/m1/s1. The molecule has 0 aromatic heterocycles. The third-order valence-electron chi connectivity index (χ3n) is 7.75. The Hall–Kier alpha value is -3.78. The van der Waals surface area contributed by atoms with Crippen molar-refractivity contribution in [3.63, 3.8) is 0 Å². The van der Waals surface area contributed by atoms with Crippen molar-refractivity contribution in [2.75, 3.05) is 13.7 Å². The van der Waals surface area contributed by atoms with Crippen LogP contribution in [-0.2, 0) is 30.3 Å². The van der Waals surface area contributed by atoms with Crippen molar-refractivity contribution in [1.29, 1.82) is 0 Å². The van der Waals surface area contributed by atoms with E-state index in [-0.39, 0.29) is 18.8 Å². The van der Waals surface area contributed by atoms with Crippen LogP contribution in [0.5, 0.6) is 5.75 Å². The number of aliphatic hydroxyl groups is 1. The van der Waals surface area contributed by atoms with Crippen LogP contribution in [0.3, 0.4) is 0 Å². The Labute approximate surface area is 277 Å². The molecule has 0 fully saturated rings. The summed E-state index contributed by atoms with van der Waals surface area (Å²) in [5.41, 5.74) is -2.54. The average Bonchev–Trinajstić information content (AvgIpc) is 3.03. The number of ketones is 1. The fraction of sp³-hybridized carbons (Fsp3) is 0.611. The quantitative estimate of drug-likeness (QED) is 0.0486. The number of unbranched alkanes of at least 4 members (excludes halogenated alkanes) is 8. The van der Waals surface area contributed by atoms with E-state index in [4.69, 9.17) is 9.47 Å². The summed E-state index contributed by atoms with van der Waals surface area (Å²) in [6.45, 7) is 4.02. The number of benzene rings is 1. The Morgan fingerprint density at radius 2 is 1.60 bits per heavy atom. The number of allylic oxidation sites excluding steroid dienone is 1. The van der Waals surface area contributed by atoms with Crippen LogP contribution in [0.25, 0.3) is 0 Å². The highest BCUT2D eigenvalue weighted by Gasteiger charge is 2.49. The summed E-state index contributed by atoms with van der Waals surface area (Å²) in [6, 6.07) is 5.30. The van der Waals surface area contributed by atoms with Crippen LogP contribution in [-0.4, -0.2) is 65.6 Å². The number of aliphatic carboxylic acids is 1. The lowest BCUT2D eigenvalue weighted by Gasteiger charge is -2.30. The van der Waals surface area contributed by atoms with Crippen LogP contribution in [0.1, 0.15) is 103 Å². The fourth-order valence-corrected chi connectivity index (χ4v) is 5.01. The number of hydrogen-bond donors (Lipinski definition) is 3. The number of nitrogens with one attached hydrogen (secondary N) is 1. The predicted octanol–water partition coefficient (Wildman–Crippen LogP) is 6.20. The molecule has 0 aliphatic carbocycles. The first-order valence-electron chi connectivity index (χ1n) is 16.4. The van der Waals surface area contributed by atoms with Crippen LogP contribution in [0, 0.1) is 17.8 Å². The maximum absolute atomic E-state index is 13.4. The summed E-state index contributed by atoms with van der Waals surface area (Å²) in [6.07, 6.45) is 7.78. The van der Waals surface area contributed by atoms with Crippen molar-refractivity contribution in [3.8, 4) is 17.6 Å². The van der Waals surface area contributed by atoms with E-state index in [1.807, 2.05) is 0 Å². The Kier molecular flexibility index (Phi) is 20.6. The van der Waals surface area contributed by atoms with Gasteiger partial charge >= 0.3 is 11.9 Å². The number of rotatable bonds is 25. The van der Waals surface area contributed by atoms with E-state index in [2.05, 4.69) is 24.1 Å². The van der Waals surface area contributed by atoms with E-state index < -0.39 is 48.3 Å². The minimum absolute atomic E-state index is 0.0639. The Morgan fingerprint density at radius 3 is 2.15 bits per heavy atom. The molecule has 1 aromatic rings. The van der Waals surface area contributed by atoms with Gasteiger partial charge in [0.25, 0.3) is 0 Å². The van der Waals surface area contributed by atoms with Gasteiger partial charge in [0.15, 0.2) is 5.60 Å². The van der Waals surface area contributed by atoms with E-state index in [0.29, 0.717) is 37.0 Å². The van der Waals surface area contributed by atoms with Gasteiger partial charge in [0.1, 0.15) is 24.2 Å². The molecule has 0 unspecified atom stereocenters. The van der Waals surface area contributed by atoms with Crippen LogP contribution >= 0.6 is 0 Å². The topological polar surface area (TPSA) is 139 Å². The molecule has 47 heavy (non-hydrogen) atoms. The average molecular weight is 664 g/mol. The predicted molar refractivity (Wildman–Crippen MR) is 175 cm³/mol. The fourth-order valence-electron chi connectivity index (χ4n) is 5.01. The number of amides is 1. The molecule has 3 N–H and O–H groups in total. The number of alkyl halides is 2. The van der Waals surface area contributed by atoms with Gasteiger partial charge in [-0.05, 0) is 50.3 Å². The number of halogens is 2. The van der Waals surface area contributed by atoms with Gasteiger partial charge in [0, 0.05) is 25.7 Å². The van der Waals surface area contributed by atoms with Gasteiger partial charge in [0.05, 0.1) is 13.0 Å². The van der Waals surface area contributed by atoms with Crippen LogP contribution in [0.4, 0.5) is 8.78 Å². The summed E-state index contributed by atoms with van der Waals surface area (Å²) in [5.74, 6) is 0.388. The second-order valence-corrected chi connectivity index (χ2v) is 11.5. The van der Waals surface area contributed by atoms with Gasteiger partial charge in [-0.25, -0.2) is 18.4 Å². The highest BCUT2D eigenvalue weighted by Crippen LogP contribution is 2.28. The number of esters is 1. The first-order valence-corrected chi connectivity index (χ1v) is 16.4. The lowest BCUT2D eigenvalue weighted by atomic mass is 9.82. The molecule has 0 saturated carbocycles. The summed E-state index contributed by atoms with van der Waals surface area (Å²) >= 11 is 0. The molecule has 11 heteroatoms. The molecular weight excluding hydrogens is 612 g/mol. The number of carboxylic acids is 1. The number of hydrogen-bond acceptors (Lipinski definition) is 7. The molecule has 0 radical (unpaired) electrons. The number of Topliss-reactive ketones (excluding diaryl/α,β-unsaturated/α-hetero) is 1. The van der Waals surface area contributed by atoms with Gasteiger partial charge in [0.2, 0.25) is 12.3 Å². The summed E-state index contributed by atoms with van der Waals surface area (Å²) < 4.78 is 37.1. The molecule has 0 bridgehead atoms. The zero-order valence-electron chi connectivity index (χ0n) is 27.9. The van der Waals surface area contributed by atoms with Crippen LogP contribution in [0.15, 0.2) is 36.4 Å². The number of carbonyl (C=O) groups excluding carboxylic acids is 3. The summed E-state index contributed by atoms with van der Waals surface area (Å²) in [5, 5.41) is 23.0. The normalized spacial score (nSPS) is 13.7. The van der Waals surface area contributed by atoms with Gasteiger partial charge in [-0.15, -0.1) is 5.92 Å². The summed E-state index contributed by atoms with van der Waals surface area (Å²) in [7, 11) is 1.11. The van der Waals surface area contributed by atoms with Crippen molar-refractivity contribution < 1.29 is 47.6 Å². The van der Waals surface area contributed by atoms with Crippen LogP contribution in [0.2, 0.25) is 0 Å².